The first-order valence-corrected chi connectivity index (χ1v) is 6.03. The van der Waals surface area contributed by atoms with Gasteiger partial charge in [-0.1, -0.05) is 0 Å². The van der Waals surface area contributed by atoms with Gasteiger partial charge in [0.05, 0.1) is 6.26 Å². The number of sulfonamides is 1. The molecular weight excluding hydrogens is 200 g/mol. The summed E-state index contributed by atoms with van der Waals surface area (Å²) in [5, 5.41) is 0. The van der Waals surface area contributed by atoms with Crippen molar-refractivity contribution in [3.8, 4) is 0 Å². The van der Waals surface area contributed by atoms with Crippen molar-refractivity contribution >= 4 is 21.4 Å². The van der Waals surface area contributed by atoms with Crippen LogP contribution >= 0.6 is 0 Å². The number of hydrogen-bond acceptors (Lipinski definition) is 3. The second kappa shape index (κ2) is 3.88. The zero-order valence-corrected chi connectivity index (χ0v) is 9.30. The van der Waals surface area contributed by atoms with Crippen molar-refractivity contribution in [1.82, 2.24) is 0 Å². The number of anilines is 2. The van der Waals surface area contributed by atoms with Crippen LogP contribution in [0, 0.1) is 0 Å². The number of hydrogen-bond donors (Lipinski definition) is 1. The molecular formula is C9H14N2O2S. The average Bonchev–Trinajstić information content (AvgIpc) is 2.02. The Balaban J connectivity index is 2.84. The van der Waals surface area contributed by atoms with E-state index < -0.39 is 10.0 Å². The van der Waals surface area contributed by atoms with Crippen molar-refractivity contribution in [2.45, 2.75) is 0 Å². The van der Waals surface area contributed by atoms with E-state index in [9.17, 15) is 8.42 Å². The molecule has 0 fully saturated rings. The van der Waals surface area contributed by atoms with E-state index in [4.69, 9.17) is 0 Å². The molecule has 0 aliphatic heterocycles. The van der Waals surface area contributed by atoms with Gasteiger partial charge in [-0.15, -0.1) is 0 Å². The molecule has 0 radical (unpaired) electrons. The van der Waals surface area contributed by atoms with Crippen LogP contribution in [-0.4, -0.2) is 28.8 Å². The highest BCUT2D eigenvalue weighted by Gasteiger charge is 2.01. The summed E-state index contributed by atoms with van der Waals surface area (Å²) in [7, 11) is 0.685. The molecule has 0 unspecified atom stereocenters. The number of rotatable bonds is 3. The molecule has 0 amide bonds. The standard InChI is InChI=1S/C9H14N2O2S/c1-11(2)9-6-4-8(5-7-9)10-14(3,12)13/h4-7,10H,1-3H3. The molecule has 0 saturated heterocycles. The van der Waals surface area contributed by atoms with Crippen molar-refractivity contribution in [3.05, 3.63) is 24.3 Å². The Morgan fingerprint density at radius 3 is 2.00 bits per heavy atom. The van der Waals surface area contributed by atoms with Crippen LogP contribution in [-0.2, 0) is 10.0 Å². The van der Waals surface area contributed by atoms with Crippen molar-refractivity contribution in [2.75, 3.05) is 30.0 Å². The maximum absolute atomic E-state index is 10.9. The van der Waals surface area contributed by atoms with Gasteiger partial charge in [0.1, 0.15) is 0 Å². The van der Waals surface area contributed by atoms with Crippen LogP contribution in [0.15, 0.2) is 24.3 Å². The highest BCUT2D eigenvalue weighted by Crippen LogP contribution is 2.16. The molecule has 0 spiro atoms. The van der Waals surface area contributed by atoms with Crippen LogP contribution in [0.3, 0.4) is 0 Å². The normalized spacial score (nSPS) is 11.1. The van der Waals surface area contributed by atoms with Gasteiger partial charge in [0, 0.05) is 25.5 Å². The Kier molecular flexibility index (Phi) is 3.00. The lowest BCUT2D eigenvalue weighted by Crippen LogP contribution is -2.11. The lowest BCUT2D eigenvalue weighted by molar-refractivity contribution is 0.607. The van der Waals surface area contributed by atoms with Crippen molar-refractivity contribution < 1.29 is 8.42 Å². The Bertz CT molecular complexity index is 395. The summed E-state index contributed by atoms with van der Waals surface area (Å²) in [5.74, 6) is 0. The Labute approximate surface area is 84.6 Å². The predicted molar refractivity (Wildman–Crippen MR) is 59.2 cm³/mol. The summed E-state index contributed by atoms with van der Waals surface area (Å²) in [6.07, 6.45) is 1.13. The molecule has 0 aromatic heterocycles. The third-order valence-corrected chi connectivity index (χ3v) is 2.29. The first kappa shape index (κ1) is 10.8. The fourth-order valence-electron chi connectivity index (χ4n) is 1.04. The van der Waals surface area contributed by atoms with E-state index in [1.807, 2.05) is 31.1 Å². The molecule has 1 aromatic rings. The second-order valence-electron chi connectivity index (χ2n) is 3.32. The monoisotopic (exact) mass is 214 g/mol. The van der Waals surface area contributed by atoms with Crippen LogP contribution < -0.4 is 9.62 Å². The maximum Gasteiger partial charge on any atom is 0.229 e. The highest BCUT2D eigenvalue weighted by atomic mass is 32.2. The zero-order chi connectivity index (χ0) is 10.8. The zero-order valence-electron chi connectivity index (χ0n) is 8.48. The molecule has 1 N–H and O–H groups in total. The molecule has 1 aromatic carbocycles. The number of nitrogens with zero attached hydrogens (tertiary/aromatic N) is 1. The van der Waals surface area contributed by atoms with Crippen LogP contribution in [0.5, 0.6) is 0 Å². The smallest absolute Gasteiger partial charge is 0.229 e. The van der Waals surface area contributed by atoms with Gasteiger partial charge in [0.15, 0.2) is 0 Å². The quantitative estimate of drug-likeness (QED) is 0.820. The molecule has 0 aliphatic carbocycles. The molecule has 0 saturated carbocycles. The SMILES string of the molecule is CN(C)c1ccc(NS(C)(=O)=O)cc1. The number of benzene rings is 1. The first-order chi connectivity index (χ1) is 6.38. The fraction of sp³-hybridized carbons (Fsp3) is 0.333. The van der Waals surface area contributed by atoms with Gasteiger partial charge in [-0.25, -0.2) is 8.42 Å². The van der Waals surface area contributed by atoms with E-state index in [-0.39, 0.29) is 0 Å². The van der Waals surface area contributed by atoms with Gasteiger partial charge in [-0.2, -0.15) is 0 Å². The first-order valence-electron chi connectivity index (χ1n) is 4.14. The minimum atomic E-state index is -3.17. The summed E-state index contributed by atoms with van der Waals surface area (Å²) in [6, 6.07) is 7.17. The Morgan fingerprint density at radius 1 is 1.14 bits per heavy atom. The van der Waals surface area contributed by atoms with Crippen molar-refractivity contribution in [1.29, 1.82) is 0 Å². The summed E-state index contributed by atoms with van der Waals surface area (Å²) in [4.78, 5) is 1.95. The molecule has 78 valence electrons. The van der Waals surface area contributed by atoms with Gasteiger partial charge in [-0.3, -0.25) is 4.72 Å². The van der Waals surface area contributed by atoms with Gasteiger partial charge in [0.2, 0.25) is 10.0 Å². The lowest BCUT2D eigenvalue weighted by Gasteiger charge is -2.12. The predicted octanol–water partition coefficient (Wildman–Crippen LogP) is 1.12. The van der Waals surface area contributed by atoms with Crippen LogP contribution in [0.1, 0.15) is 0 Å². The van der Waals surface area contributed by atoms with Gasteiger partial charge < -0.3 is 4.90 Å². The molecule has 0 atom stereocenters. The molecule has 14 heavy (non-hydrogen) atoms. The van der Waals surface area contributed by atoms with Gasteiger partial charge in [0.25, 0.3) is 0 Å². The van der Waals surface area contributed by atoms with Crippen LogP contribution in [0.25, 0.3) is 0 Å². The molecule has 0 aliphatic rings. The highest BCUT2D eigenvalue weighted by molar-refractivity contribution is 7.92. The van der Waals surface area contributed by atoms with Crippen molar-refractivity contribution in [2.24, 2.45) is 0 Å². The van der Waals surface area contributed by atoms with Crippen LogP contribution in [0.2, 0.25) is 0 Å². The maximum atomic E-state index is 10.9. The van der Waals surface area contributed by atoms with Gasteiger partial charge >= 0.3 is 0 Å². The summed E-state index contributed by atoms with van der Waals surface area (Å²) >= 11 is 0. The molecule has 5 heteroatoms. The summed E-state index contributed by atoms with van der Waals surface area (Å²) in [5.41, 5.74) is 1.61. The van der Waals surface area contributed by atoms with E-state index in [1.165, 1.54) is 0 Å². The second-order valence-corrected chi connectivity index (χ2v) is 5.06. The van der Waals surface area contributed by atoms with E-state index in [0.717, 1.165) is 11.9 Å². The third kappa shape index (κ3) is 3.26. The minimum absolute atomic E-state index is 0.582. The lowest BCUT2D eigenvalue weighted by atomic mass is 10.3. The van der Waals surface area contributed by atoms with Crippen molar-refractivity contribution in [3.63, 3.8) is 0 Å². The fourth-order valence-corrected chi connectivity index (χ4v) is 1.61. The van der Waals surface area contributed by atoms with E-state index in [2.05, 4.69) is 4.72 Å². The Morgan fingerprint density at radius 2 is 1.64 bits per heavy atom. The minimum Gasteiger partial charge on any atom is -0.378 e. The van der Waals surface area contributed by atoms with Gasteiger partial charge in [-0.05, 0) is 24.3 Å². The number of nitrogens with one attached hydrogen (secondary N) is 1. The molecule has 4 nitrogen and oxygen atoms in total. The average molecular weight is 214 g/mol. The molecule has 0 bridgehead atoms. The Hall–Kier alpha value is -1.23. The molecule has 1 rings (SSSR count). The third-order valence-electron chi connectivity index (χ3n) is 1.69. The van der Waals surface area contributed by atoms with E-state index in [1.54, 1.807) is 12.1 Å². The summed E-state index contributed by atoms with van der Waals surface area (Å²) < 4.78 is 24.2. The largest absolute Gasteiger partial charge is 0.378 e. The topological polar surface area (TPSA) is 49.4 Å². The molecule has 0 heterocycles. The van der Waals surface area contributed by atoms with E-state index in [0.29, 0.717) is 5.69 Å². The van der Waals surface area contributed by atoms with E-state index >= 15 is 0 Å². The summed E-state index contributed by atoms with van der Waals surface area (Å²) in [6.45, 7) is 0. The van der Waals surface area contributed by atoms with Crippen LogP contribution in [0.4, 0.5) is 11.4 Å².